The van der Waals surface area contributed by atoms with E-state index in [0.717, 1.165) is 11.6 Å². The van der Waals surface area contributed by atoms with Crippen molar-refractivity contribution in [2.45, 2.75) is 18.8 Å². The van der Waals surface area contributed by atoms with E-state index in [1.807, 2.05) is 12.1 Å². The van der Waals surface area contributed by atoms with Crippen LogP contribution < -0.4 is 5.73 Å². The van der Waals surface area contributed by atoms with Crippen LogP contribution in [0.4, 0.5) is 5.69 Å². The molecule has 2 rings (SSSR count). The smallest absolute Gasteiger partial charge is 0.0462 e. The molecule has 0 spiro atoms. The summed E-state index contributed by atoms with van der Waals surface area (Å²) in [5.41, 5.74) is 7.87. The predicted molar refractivity (Wildman–Crippen MR) is 49.5 cm³/mol. The van der Waals surface area contributed by atoms with Crippen LogP contribution in [0.2, 0.25) is 0 Å². The van der Waals surface area contributed by atoms with Crippen LogP contribution in [0.15, 0.2) is 24.3 Å². The summed E-state index contributed by atoms with van der Waals surface area (Å²) in [6.45, 7) is 3.50. The fourth-order valence-electron chi connectivity index (χ4n) is 1.18. The SMILES string of the molecule is C#N.Nc1ccc(C2CC2)cc1. The number of rotatable bonds is 1. The first-order valence-corrected chi connectivity index (χ1v) is 3.97. The van der Waals surface area contributed by atoms with E-state index >= 15 is 0 Å². The zero-order chi connectivity index (χ0) is 8.97. The molecule has 0 atom stereocenters. The lowest BCUT2D eigenvalue weighted by Crippen LogP contribution is -1.84. The highest BCUT2D eigenvalue weighted by molar-refractivity contribution is 5.41. The van der Waals surface area contributed by atoms with Gasteiger partial charge in [-0.25, -0.2) is 5.26 Å². The minimum atomic E-state index is 0.848. The van der Waals surface area contributed by atoms with Gasteiger partial charge in [0.2, 0.25) is 0 Å². The van der Waals surface area contributed by atoms with Crippen molar-refractivity contribution in [1.29, 1.82) is 5.26 Å². The van der Waals surface area contributed by atoms with Crippen molar-refractivity contribution in [2.24, 2.45) is 0 Å². The molecule has 12 heavy (non-hydrogen) atoms. The van der Waals surface area contributed by atoms with Crippen LogP contribution in [0.1, 0.15) is 24.3 Å². The lowest BCUT2D eigenvalue weighted by atomic mass is 10.1. The Morgan fingerprint density at radius 3 is 2.08 bits per heavy atom. The fourth-order valence-corrected chi connectivity index (χ4v) is 1.18. The number of benzene rings is 1. The highest BCUT2D eigenvalue weighted by Gasteiger charge is 2.22. The Kier molecular flexibility index (Phi) is 2.71. The van der Waals surface area contributed by atoms with Crippen LogP contribution in [0.3, 0.4) is 0 Å². The third kappa shape index (κ3) is 2.00. The van der Waals surface area contributed by atoms with Crippen molar-refractivity contribution < 1.29 is 0 Å². The standard InChI is InChI=1S/C9H11N.CHN/c10-9-5-3-8(4-6-9)7-1-2-7;1-2/h3-7H,1-2,10H2;1H. The van der Waals surface area contributed by atoms with E-state index in [1.165, 1.54) is 18.4 Å². The summed E-state index contributed by atoms with van der Waals surface area (Å²) in [4.78, 5) is 0. The zero-order valence-electron chi connectivity index (χ0n) is 6.90. The second-order valence-corrected chi connectivity index (χ2v) is 2.94. The number of nitrogen functional groups attached to an aromatic ring is 1. The van der Waals surface area contributed by atoms with Gasteiger partial charge in [-0.3, -0.25) is 0 Å². The van der Waals surface area contributed by atoms with Gasteiger partial charge in [-0.15, -0.1) is 0 Å². The third-order valence-electron chi connectivity index (χ3n) is 1.99. The maximum atomic E-state index is 6.50. The molecule has 0 heterocycles. The van der Waals surface area contributed by atoms with E-state index in [1.54, 1.807) is 0 Å². The van der Waals surface area contributed by atoms with Crippen molar-refractivity contribution in [2.75, 3.05) is 5.73 Å². The topological polar surface area (TPSA) is 49.8 Å². The first kappa shape index (κ1) is 8.61. The number of nitrogens with two attached hydrogens (primary N) is 1. The molecule has 2 N–H and O–H groups in total. The van der Waals surface area contributed by atoms with Crippen LogP contribution in [0, 0.1) is 11.8 Å². The molecular weight excluding hydrogens is 148 g/mol. The Morgan fingerprint density at radius 2 is 1.67 bits per heavy atom. The molecule has 0 bridgehead atoms. The largest absolute Gasteiger partial charge is 0.399 e. The van der Waals surface area contributed by atoms with E-state index < -0.39 is 0 Å². The maximum Gasteiger partial charge on any atom is 0.0462 e. The predicted octanol–water partition coefficient (Wildman–Crippen LogP) is 2.29. The monoisotopic (exact) mass is 160 g/mol. The third-order valence-corrected chi connectivity index (χ3v) is 1.99. The Balaban J connectivity index is 0.000000336. The molecular formula is C10H12N2. The van der Waals surface area contributed by atoms with Crippen molar-refractivity contribution in [3.8, 4) is 6.57 Å². The van der Waals surface area contributed by atoms with Gasteiger partial charge in [0.1, 0.15) is 0 Å². The number of hydrogen-bond acceptors (Lipinski definition) is 2. The van der Waals surface area contributed by atoms with Gasteiger partial charge in [-0.1, -0.05) is 12.1 Å². The molecule has 2 heteroatoms. The molecule has 0 aromatic heterocycles. The van der Waals surface area contributed by atoms with Gasteiger partial charge < -0.3 is 5.73 Å². The van der Waals surface area contributed by atoms with E-state index in [0.29, 0.717) is 0 Å². The molecule has 1 aromatic rings. The average molecular weight is 160 g/mol. The molecule has 1 aromatic carbocycles. The van der Waals surface area contributed by atoms with Crippen LogP contribution in [0.5, 0.6) is 0 Å². The number of hydrogen-bond donors (Lipinski definition) is 1. The molecule has 1 fully saturated rings. The van der Waals surface area contributed by atoms with E-state index in [9.17, 15) is 0 Å². The molecule has 0 radical (unpaired) electrons. The van der Waals surface area contributed by atoms with E-state index in [4.69, 9.17) is 11.0 Å². The zero-order valence-corrected chi connectivity index (χ0v) is 6.90. The summed E-state index contributed by atoms with van der Waals surface area (Å²) in [5.74, 6) is 0.848. The molecule has 0 unspecified atom stereocenters. The van der Waals surface area contributed by atoms with Crippen molar-refractivity contribution >= 4 is 5.69 Å². The molecule has 62 valence electrons. The van der Waals surface area contributed by atoms with Gasteiger partial charge >= 0.3 is 0 Å². The van der Waals surface area contributed by atoms with Crippen molar-refractivity contribution in [3.05, 3.63) is 29.8 Å². The van der Waals surface area contributed by atoms with E-state index in [2.05, 4.69) is 18.7 Å². The summed E-state index contributed by atoms with van der Waals surface area (Å²) >= 11 is 0. The van der Waals surface area contributed by atoms with Gasteiger partial charge in [0, 0.05) is 12.3 Å². The van der Waals surface area contributed by atoms with Crippen LogP contribution in [-0.4, -0.2) is 0 Å². The van der Waals surface area contributed by atoms with Crippen LogP contribution in [-0.2, 0) is 0 Å². The normalized spacial score (nSPS) is 14.5. The quantitative estimate of drug-likeness (QED) is 0.641. The molecule has 1 aliphatic rings. The van der Waals surface area contributed by atoms with Crippen molar-refractivity contribution in [1.82, 2.24) is 0 Å². The highest BCUT2D eigenvalue weighted by Crippen LogP contribution is 2.39. The molecule has 1 aliphatic carbocycles. The van der Waals surface area contributed by atoms with Gasteiger partial charge in [0.15, 0.2) is 0 Å². The minimum Gasteiger partial charge on any atom is -0.399 e. The van der Waals surface area contributed by atoms with Crippen LogP contribution >= 0.6 is 0 Å². The number of nitrogens with zero attached hydrogens (tertiary/aromatic N) is 1. The summed E-state index contributed by atoms with van der Waals surface area (Å²) in [7, 11) is 0. The summed E-state index contributed by atoms with van der Waals surface area (Å²) < 4.78 is 0. The average Bonchev–Trinajstić information content (AvgIpc) is 2.93. The van der Waals surface area contributed by atoms with Crippen LogP contribution in [0.25, 0.3) is 0 Å². The highest BCUT2D eigenvalue weighted by atomic mass is 14.5. The second kappa shape index (κ2) is 3.77. The fraction of sp³-hybridized carbons (Fsp3) is 0.300. The molecule has 1 saturated carbocycles. The van der Waals surface area contributed by atoms with Gasteiger partial charge in [-0.05, 0) is 36.5 Å². The lowest BCUT2D eigenvalue weighted by molar-refractivity contribution is 1.13. The molecule has 0 aliphatic heterocycles. The number of nitriles is 1. The summed E-state index contributed by atoms with van der Waals surface area (Å²) in [6.07, 6.45) is 2.73. The van der Waals surface area contributed by atoms with Crippen molar-refractivity contribution in [3.63, 3.8) is 0 Å². The van der Waals surface area contributed by atoms with Gasteiger partial charge in [0.05, 0.1) is 0 Å². The summed E-state index contributed by atoms with van der Waals surface area (Å²) in [6, 6.07) is 8.22. The minimum absolute atomic E-state index is 0.848. The Morgan fingerprint density at radius 1 is 1.17 bits per heavy atom. The van der Waals surface area contributed by atoms with Gasteiger partial charge in [-0.2, -0.15) is 0 Å². The number of anilines is 1. The molecule has 2 nitrogen and oxygen atoms in total. The molecule has 0 amide bonds. The summed E-state index contributed by atoms with van der Waals surface area (Å²) in [5, 5.41) is 6.50. The second-order valence-electron chi connectivity index (χ2n) is 2.94. The maximum absolute atomic E-state index is 6.50. The molecule has 0 saturated heterocycles. The van der Waals surface area contributed by atoms with Gasteiger partial charge in [0.25, 0.3) is 0 Å². The Bertz CT molecular complexity index is 257. The Hall–Kier alpha value is -1.49. The lowest BCUT2D eigenvalue weighted by Gasteiger charge is -1.96. The Labute approximate surface area is 72.6 Å². The van der Waals surface area contributed by atoms with E-state index in [-0.39, 0.29) is 0 Å². The first-order chi connectivity index (χ1) is 5.86. The first-order valence-electron chi connectivity index (χ1n) is 3.97.